The third-order valence-electron chi connectivity index (χ3n) is 5.70. The van der Waals surface area contributed by atoms with E-state index in [2.05, 4.69) is 5.32 Å². The molecule has 7 heteroatoms. The number of furan rings is 1. The standard InChI is InChI=1S/C25H34FN3O3/c1-19(2)15-29(25(31)27-22-7-4-3-5-8-22)18-24(30)28(17-23-9-6-14-32-23)16-20-10-12-21(26)13-11-20/h6,9-14,19,22H,3-5,7-8,15-18H2,1-2H3,(H,27,31). The zero-order chi connectivity index (χ0) is 22.9. The third kappa shape index (κ3) is 7.39. The van der Waals surface area contributed by atoms with E-state index in [1.807, 2.05) is 19.9 Å². The number of carbonyl (C=O) groups excluding carboxylic acids is 2. The van der Waals surface area contributed by atoms with Crippen LogP contribution in [0.2, 0.25) is 0 Å². The molecule has 0 aliphatic heterocycles. The largest absolute Gasteiger partial charge is 0.467 e. The van der Waals surface area contributed by atoms with Crippen molar-refractivity contribution >= 4 is 11.9 Å². The summed E-state index contributed by atoms with van der Waals surface area (Å²) in [5.41, 5.74) is 0.813. The second-order valence-electron chi connectivity index (χ2n) is 9.01. The molecular weight excluding hydrogens is 409 g/mol. The van der Waals surface area contributed by atoms with Crippen LogP contribution in [0.25, 0.3) is 0 Å². The highest BCUT2D eigenvalue weighted by molar-refractivity contribution is 5.84. The molecule has 1 aliphatic carbocycles. The van der Waals surface area contributed by atoms with Gasteiger partial charge in [0, 0.05) is 19.1 Å². The van der Waals surface area contributed by atoms with Crippen molar-refractivity contribution in [3.05, 3.63) is 59.8 Å². The predicted molar refractivity (Wildman–Crippen MR) is 121 cm³/mol. The van der Waals surface area contributed by atoms with Gasteiger partial charge in [-0.2, -0.15) is 0 Å². The topological polar surface area (TPSA) is 65.8 Å². The SMILES string of the molecule is CC(C)CN(CC(=O)N(Cc1ccc(F)cc1)Cc1ccco1)C(=O)NC1CCCCC1. The molecule has 0 saturated heterocycles. The Bertz CT molecular complexity index is 846. The number of carbonyl (C=O) groups is 2. The van der Waals surface area contributed by atoms with Gasteiger partial charge < -0.3 is 19.5 Å². The summed E-state index contributed by atoms with van der Waals surface area (Å²) in [6.45, 7) is 5.13. The molecule has 6 nitrogen and oxygen atoms in total. The number of nitrogens with one attached hydrogen (secondary N) is 1. The van der Waals surface area contributed by atoms with Crippen molar-refractivity contribution in [2.75, 3.05) is 13.1 Å². The molecule has 1 N–H and O–H groups in total. The molecule has 1 fully saturated rings. The number of nitrogens with zero attached hydrogens (tertiary/aromatic N) is 2. The predicted octanol–water partition coefficient (Wildman–Crippen LogP) is 4.95. The van der Waals surface area contributed by atoms with Gasteiger partial charge in [-0.1, -0.05) is 45.2 Å². The highest BCUT2D eigenvalue weighted by atomic mass is 19.1. The van der Waals surface area contributed by atoms with Crippen LogP contribution >= 0.6 is 0 Å². The maximum atomic E-state index is 13.3. The van der Waals surface area contributed by atoms with Gasteiger partial charge in [-0.25, -0.2) is 9.18 Å². The highest BCUT2D eigenvalue weighted by Gasteiger charge is 2.25. The van der Waals surface area contributed by atoms with Crippen molar-refractivity contribution in [3.8, 4) is 0 Å². The van der Waals surface area contributed by atoms with Crippen LogP contribution in [0.3, 0.4) is 0 Å². The maximum Gasteiger partial charge on any atom is 0.318 e. The van der Waals surface area contributed by atoms with Gasteiger partial charge in [-0.15, -0.1) is 0 Å². The van der Waals surface area contributed by atoms with Gasteiger partial charge >= 0.3 is 6.03 Å². The molecule has 1 aromatic heterocycles. The number of hydrogen-bond acceptors (Lipinski definition) is 3. The Morgan fingerprint density at radius 2 is 1.78 bits per heavy atom. The van der Waals surface area contributed by atoms with Crippen molar-refractivity contribution < 1.29 is 18.4 Å². The fourth-order valence-electron chi connectivity index (χ4n) is 4.07. The van der Waals surface area contributed by atoms with Gasteiger partial charge in [-0.3, -0.25) is 4.79 Å². The van der Waals surface area contributed by atoms with E-state index in [1.165, 1.54) is 18.6 Å². The normalized spacial score (nSPS) is 14.4. The summed E-state index contributed by atoms with van der Waals surface area (Å²) in [7, 11) is 0. The van der Waals surface area contributed by atoms with Crippen LogP contribution in [0.15, 0.2) is 47.1 Å². The molecule has 1 aromatic carbocycles. The Balaban J connectivity index is 1.70. The molecule has 1 aliphatic rings. The van der Waals surface area contributed by atoms with Crippen molar-refractivity contribution in [1.82, 2.24) is 15.1 Å². The van der Waals surface area contributed by atoms with Gasteiger partial charge in [0.2, 0.25) is 5.91 Å². The van der Waals surface area contributed by atoms with E-state index in [1.54, 1.807) is 34.3 Å². The molecule has 1 heterocycles. The first-order valence-corrected chi connectivity index (χ1v) is 11.5. The number of halogens is 1. The van der Waals surface area contributed by atoms with Crippen molar-refractivity contribution in [1.29, 1.82) is 0 Å². The van der Waals surface area contributed by atoms with Crippen LogP contribution in [0.5, 0.6) is 0 Å². The van der Waals surface area contributed by atoms with E-state index >= 15 is 0 Å². The molecule has 0 bridgehead atoms. The average Bonchev–Trinajstić information content (AvgIpc) is 3.28. The second kappa shape index (κ2) is 11.7. The van der Waals surface area contributed by atoms with E-state index in [9.17, 15) is 14.0 Å². The minimum Gasteiger partial charge on any atom is -0.467 e. The first-order chi connectivity index (χ1) is 15.4. The fraction of sp³-hybridized carbons (Fsp3) is 0.520. The Morgan fingerprint density at radius 3 is 2.41 bits per heavy atom. The van der Waals surface area contributed by atoms with Gasteiger partial charge in [-0.05, 0) is 48.6 Å². The molecule has 174 valence electrons. The molecule has 1 saturated carbocycles. The quantitative estimate of drug-likeness (QED) is 0.596. The molecule has 3 amide bonds. The summed E-state index contributed by atoms with van der Waals surface area (Å²) >= 11 is 0. The summed E-state index contributed by atoms with van der Waals surface area (Å²) in [4.78, 5) is 29.6. The number of urea groups is 1. The lowest BCUT2D eigenvalue weighted by Gasteiger charge is -2.31. The number of amides is 3. The Labute approximate surface area is 189 Å². The number of rotatable bonds is 9. The molecule has 0 unspecified atom stereocenters. The van der Waals surface area contributed by atoms with Gasteiger partial charge in [0.15, 0.2) is 0 Å². The van der Waals surface area contributed by atoms with E-state index < -0.39 is 0 Å². The van der Waals surface area contributed by atoms with Crippen molar-refractivity contribution in [3.63, 3.8) is 0 Å². The molecule has 32 heavy (non-hydrogen) atoms. The summed E-state index contributed by atoms with van der Waals surface area (Å²) in [5.74, 6) is 0.392. The Kier molecular flexibility index (Phi) is 8.71. The molecule has 0 radical (unpaired) electrons. The van der Waals surface area contributed by atoms with Crippen molar-refractivity contribution in [2.45, 2.75) is 65.1 Å². The van der Waals surface area contributed by atoms with E-state index in [0.29, 0.717) is 18.8 Å². The van der Waals surface area contributed by atoms with E-state index in [4.69, 9.17) is 4.42 Å². The zero-order valence-electron chi connectivity index (χ0n) is 19.1. The lowest BCUT2D eigenvalue weighted by molar-refractivity contribution is -0.133. The zero-order valence-corrected chi connectivity index (χ0v) is 19.1. The van der Waals surface area contributed by atoms with Crippen LogP contribution in [0, 0.1) is 11.7 Å². The van der Waals surface area contributed by atoms with Crippen LogP contribution < -0.4 is 5.32 Å². The van der Waals surface area contributed by atoms with Crippen molar-refractivity contribution in [2.24, 2.45) is 5.92 Å². The van der Waals surface area contributed by atoms with Gasteiger partial charge in [0.05, 0.1) is 12.8 Å². The van der Waals surface area contributed by atoms with Crippen LogP contribution in [0.4, 0.5) is 9.18 Å². The van der Waals surface area contributed by atoms with Crippen LogP contribution in [-0.4, -0.2) is 40.9 Å². The molecule has 2 aromatic rings. The molecule has 3 rings (SSSR count). The first-order valence-electron chi connectivity index (χ1n) is 11.5. The summed E-state index contributed by atoms with van der Waals surface area (Å²) < 4.78 is 18.8. The molecular formula is C25H34FN3O3. The second-order valence-corrected chi connectivity index (χ2v) is 9.01. The minimum atomic E-state index is -0.319. The summed E-state index contributed by atoms with van der Waals surface area (Å²) in [5, 5.41) is 3.13. The molecule has 0 atom stereocenters. The smallest absolute Gasteiger partial charge is 0.318 e. The lowest BCUT2D eigenvalue weighted by Crippen LogP contribution is -2.50. The van der Waals surface area contributed by atoms with Gasteiger partial charge in [0.25, 0.3) is 0 Å². The van der Waals surface area contributed by atoms with E-state index in [0.717, 1.165) is 31.2 Å². The Hall–Kier alpha value is -2.83. The fourth-order valence-corrected chi connectivity index (χ4v) is 4.07. The first kappa shape index (κ1) is 23.8. The van der Waals surface area contributed by atoms with Gasteiger partial charge in [0.1, 0.15) is 18.1 Å². The average molecular weight is 444 g/mol. The Morgan fingerprint density at radius 1 is 1.06 bits per heavy atom. The number of hydrogen-bond donors (Lipinski definition) is 1. The monoisotopic (exact) mass is 443 g/mol. The highest BCUT2D eigenvalue weighted by Crippen LogP contribution is 2.18. The summed E-state index contributed by atoms with van der Waals surface area (Å²) in [6, 6.07) is 9.68. The molecule has 0 spiro atoms. The minimum absolute atomic E-state index is 0.0152. The third-order valence-corrected chi connectivity index (χ3v) is 5.70. The number of benzene rings is 1. The van der Waals surface area contributed by atoms with Crippen LogP contribution in [0.1, 0.15) is 57.3 Å². The van der Waals surface area contributed by atoms with Crippen LogP contribution in [-0.2, 0) is 17.9 Å². The van der Waals surface area contributed by atoms with E-state index in [-0.39, 0.29) is 42.8 Å². The maximum absolute atomic E-state index is 13.3. The lowest BCUT2D eigenvalue weighted by atomic mass is 9.96. The summed E-state index contributed by atoms with van der Waals surface area (Å²) in [6.07, 6.45) is 7.02.